The van der Waals surface area contributed by atoms with E-state index < -0.39 is 0 Å². The Bertz CT molecular complexity index is 3270. The summed E-state index contributed by atoms with van der Waals surface area (Å²) in [5.74, 6) is 0. The van der Waals surface area contributed by atoms with Crippen LogP contribution in [0, 0.1) is 0 Å². The number of furan rings is 1. The number of hydrogen-bond donors (Lipinski definition) is 0. The van der Waals surface area contributed by atoms with Crippen molar-refractivity contribution in [1.82, 2.24) is 0 Å². The van der Waals surface area contributed by atoms with Gasteiger partial charge in [0.2, 0.25) is 0 Å². The number of rotatable bonds is 7. The third-order valence-electron chi connectivity index (χ3n) is 11.5. The van der Waals surface area contributed by atoms with Crippen molar-refractivity contribution in [1.29, 1.82) is 0 Å². The Morgan fingerprint density at radius 1 is 0.259 bits per heavy atom. The first-order chi connectivity index (χ1) is 28.7. The lowest BCUT2D eigenvalue weighted by Gasteiger charge is -2.27. The maximum absolute atomic E-state index is 6.25. The third-order valence-corrected chi connectivity index (χ3v) is 11.5. The second kappa shape index (κ2) is 14.1. The van der Waals surface area contributed by atoms with Crippen LogP contribution in [0.5, 0.6) is 0 Å². The molecule has 0 atom stereocenters. The highest BCUT2D eigenvalue weighted by Crippen LogP contribution is 2.43. The van der Waals surface area contributed by atoms with Crippen LogP contribution >= 0.6 is 0 Å². The summed E-state index contributed by atoms with van der Waals surface area (Å²) < 4.78 is 6.25. The van der Waals surface area contributed by atoms with Gasteiger partial charge in [0, 0.05) is 27.8 Å². The van der Waals surface area contributed by atoms with Crippen molar-refractivity contribution in [3.8, 4) is 44.5 Å². The predicted molar refractivity (Wildman–Crippen MR) is 245 cm³/mol. The molecule has 2 nitrogen and oxygen atoms in total. The second-order valence-corrected chi connectivity index (χ2v) is 14.9. The van der Waals surface area contributed by atoms with Crippen LogP contribution in [0.4, 0.5) is 17.1 Å². The Balaban J connectivity index is 1.06. The molecule has 0 aliphatic carbocycles. The van der Waals surface area contributed by atoms with Crippen LogP contribution in [-0.4, -0.2) is 0 Å². The van der Waals surface area contributed by atoms with Crippen molar-refractivity contribution in [2.75, 3.05) is 4.90 Å². The molecule has 0 amide bonds. The third kappa shape index (κ3) is 5.91. The van der Waals surface area contributed by atoms with Gasteiger partial charge in [0.15, 0.2) is 0 Å². The first kappa shape index (κ1) is 33.6. The van der Waals surface area contributed by atoms with Gasteiger partial charge in [0.25, 0.3) is 0 Å². The summed E-state index contributed by atoms with van der Waals surface area (Å²) >= 11 is 0. The van der Waals surface area contributed by atoms with Crippen molar-refractivity contribution >= 4 is 60.5 Å². The van der Waals surface area contributed by atoms with Crippen LogP contribution in [0.3, 0.4) is 0 Å². The van der Waals surface area contributed by atoms with E-state index in [1.807, 2.05) is 12.1 Å². The summed E-state index contributed by atoms with van der Waals surface area (Å²) in [4.78, 5) is 2.38. The zero-order valence-corrected chi connectivity index (χ0v) is 31.7. The normalized spacial score (nSPS) is 11.4. The largest absolute Gasteiger partial charge is 0.456 e. The van der Waals surface area contributed by atoms with E-state index in [1.54, 1.807) is 0 Å². The standard InChI is InChI=1S/C56H37NO/c1-3-14-38(15-4-1)39-28-30-44(31-29-39)57(46-32-33-49-42(35-46)26-27-43-36-56-54(37-53(43)49)52-24-11-12-25-55(52)58-56)45-19-13-18-41(34-45)48-21-8-10-23-51(48)50-22-9-7-20-47(50)40-16-5-2-6-17-40/h1-37H. The minimum Gasteiger partial charge on any atom is -0.456 e. The highest BCUT2D eigenvalue weighted by molar-refractivity contribution is 6.16. The number of benzene rings is 10. The minimum atomic E-state index is 0.915. The Morgan fingerprint density at radius 2 is 0.810 bits per heavy atom. The van der Waals surface area contributed by atoms with Crippen molar-refractivity contribution in [2.45, 2.75) is 0 Å². The van der Waals surface area contributed by atoms with E-state index in [-0.39, 0.29) is 0 Å². The maximum atomic E-state index is 6.25. The van der Waals surface area contributed by atoms with Gasteiger partial charge in [-0.25, -0.2) is 0 Å². The molecular weight excluding hydrogens is 703 g/mol. The molecule has 0 fully saturated rings. The van der Waals surface area contributed by atoms with Gasteiger partial charge in [-0.2, -0.15) is 0 Å². The van der Waals surface area contributed by atoms with E-state index in [9.17, 15) is 0 Å². The molecule has 272 valence electrons. The van der Waals surface area contributed by atoms with E-state index in [2.05, 4.69) is 217 Å². The molecule has 0 aliphatic heterocycles. The van der Waals surface area contributed by atoms with Gasteiger partial charge in [-0.3, -0.25) is 0 Å². The average Bonchev–Trinajstić information content (AvgIpc) is 3.66. The molecule has 0 unspecified atom stereocenters. The molecule has 2 heteroatoms. The fourth-order valence-electron chi connectivity index (χ4n) is 8.66. The highest BCUT2D eigenvalue weighted by atomic mass is 16.3. The molecule has 0 saturated carbocycles. The van der Waals surface area contributed by atoms with Crippen LogP contribution < -0.4 is 4.90 Å². The summed E-state index contributed by atoms with van der Waals surface area (Å²) in [6.07, 6.45) is 0. The van der Waals surface area contributed by atoms with E-state index in [4.69, 9.17) is 4.42 Å². The van der Waals surface area contributed by atoms with Crippen molar-refractivity contribution in [3.05, 3.63) is 224 Å². The first-order valence-electron chi connectivity index (χ1n) is 19.8. The van der Waals surface area contributed by atoms with E-state index >= 15 is 0 Å². The Hall–Kier alpha value is -7.68. The fourth-order valence-corrected chi connectivity index (χ4v) is 8.66. The van der Waals surface area contributed by atoms with Crippen LogP contribution in [0.15, 0.2) is 229 Å². The Labute approximate surface area is 337 Å². The zero-order chi connectivity index (χ0) is 38.4. The van der Waals surface area contributed by atoms with Gasteiger partial charge in [-0.1, -0.05) is 170 Å². The highest BCUT2D eigenvalue weighted by Gasteiger charge is 2.18. The van der Waals surface area contributed by atoms with Crippen LogP contribution in [0.2, 0.25) is 0 Å². The summed E-state index contributed by atoms with van der Waals surface area (Å²) in [5.41, 5.74) is 14.7. The van der Waals surface area contributed by atoms with Gasteiger partial charge in [0.1, 0.15) is 11.2 Å². The van der Waals surface area contributed by atoms with Gasteiger partial charge in [-0.05, 0) is 121 Å². The van der Waals surface area contributed by atoms with Gasteiger partial charge in [-0.15, -0.1) is 0 Å². The molecule has 11 aromatic rings. The van der Waals surface area contributed by atoms with Crippen molar-refractivity contribution in [2.24, 2.45) is 0 Å². The minimum absolute atomic E-state index is 0.915. The lowest BCUT2D eigenvalue weighted by Crippen LogP contribution is -2.10. The number of anilines is 3. The second-order valence-electron chi connectivity index (χ2n) is 14.9. The van der Waals surface area contributed by atoms with Gasteiger partial charge >= 0.3 is 0 Å². The van der Waals surface area contributed by atoms with Gasteiger partial charge in [0.05, 0.1) is 0 Å². The SMILES string of the molecule is c1ccc(-c2ccc(N(c3cccc(-c4ccccc4-c4ccccc4-c4ccccc4)c3)c3ccc4c(ccc5cc6oc7ccccc7c6cc54)c3)cc2)cc1. The van der Waals surface area contributed by atoms with Crippen molar-refractivity contribution in [3.63, 3.8) is 0 Å². The molecular formula is C56H37NO. The number of nitrogens with zero attached hydrogens (tertiary/aromatic N) is 1. The maximum Gasteiger partial charge on any atom is 0.136 e. The molecule has 1 heterocycles. The topological polar surface area (TPSA) is 16.4 Å². The van der Waals surface area contributed by atoms with Gasteiger partial charge < -0.3 is 9.32 Å². The fraction of sp³-hybridized carbons (Fsp3) is 0. The molecule has 0 spiro atoms. The van der Waals surface area contributed by atoms with E-state index in [0.717, 1.165) is 44.6 Å². The number of hydrogen-bond acceptors (Lipinski definition) is 2. The number of fused-ring (bicyclic) bond motifs is 6. The summed E-state index contributed by atoms with van der Waals surface area (Å²) in [7, 11) is 0. The quantitative estimate of drug-likeness (QED) is 0.151. The molecule has 0 saturated heterocycles. The van der Waals surface area contributed by atoms with Crippen molar-refractivity contribution < 1.29 is 4.42 Å². The molecule has 0 aliphatic rings. The Kier molecular flexibility index (Phi) is 8.19. The summed E-state index contributed by atoms with van der Waals surface area (Å²) in [5, 5.41) is 7.07. The molecule has 11 rings (SSSR count). The lowest BCUT2D eigenvalue weighted by atomic mass is 9.89. The van der Waals surface area contributed by atoms with E-state index in [0.29, 0.717) is 0 Å². The monoisotopic (exact) mass is 739 g/mol. The average molecular weight is 740 g/mol. The molecule has 0 radical (unpaired) electrons. The smallest absolute Gasteiger partial charge is 0.136 e. The van der Waals surface area contributed by atoms with Crippen LogP contribution in [-0.2, 0) is 0 Å². The number of para-hydroxylation sites is 1. The Morgan fingerprint density at radius 3 is 1.55 bits per heavy atom. The molecule has 0 N–H and O–H groups in total. The van der Waals surface area contributed by atoms with Crippen LogP contribution in [0.25, 0.3) is 88.0 Å². The predicted octanol–water partition coefficient (Wildman–Crippen LogP) is 16.0. The molecule has 0 bridgehead atoms. The van der Waals surface area contributed by atoms with Crippen LogP contribution in [0.1, 0.15) is 0 Å². The molecule has 58 heavy (non-hydrogen) atoms. The molecule has 1 aromatic heterocycles. The lowest BCUT2D eigenvalue weighted by molar-refractivity contribution is 0.669. The zero-order valence-electron chi connectivity index (χ0n) is 31.7. The summed E-state index contributed by atoms with van der Waals surface area (Å²) in [6, 6.07) is 80.8. The summed E-state index contributed by atoms with van der Waals surface area (Å²) in [6.45, 7) is 0. The first-order valence-corrected chi connectivity index (χ1v) is 19.8. The molecule has 10 aromatic carbocycles. The van der Waals surface area contributed by atoms with E-state index in [1.165, 1.54) is 60.5 Å².